The molecule has 2 rings (SSSR count). The van der Waals surface area contributed by atoms with Crippen LogP contribution >= 0.6 is 0 Å². The summed E-state index contributed by atoms with van der Waals surface area (Å²) in [5.41, 5.74) is 2.81. The van der Waals surface area contributed by atoms with E-state index in [2.05, 4.69) is 6.07 Å². The van der Waals surface area contributed by atoms with Crippen molar-refractivity contribution in [3.63, 3.8) is 0 Å². The number of rotatable bonds is 2. The van der Waals surface area contributed by atoms with Crippen molar-refractivity contribution < 1.29 is 9.84 Å². The van der Waals surface area contributed by atoms with Crippen molar-refractivity contribution in [2.24, 2.45) is 0 Å². The molecule has 17 heavy (non-hydrogen) atoms. The zero-order valence-corrected chi connectivity index (χ0v) is 11.9. The second-order valence-corrected chi connectivity index (χ2v) is 3.37. The van der Waals surface area contributed by atoms with E-state index in [0.717, 1.165) is 11.1 Å². The molecule has 0 saturated carbocycles. The van der Waals surface area contributed by atoms with Crippen molar-refractivity contribution in [2.75, 3.05) is 6.61 Å². The van der Waals surface area contributed by atoms with Gasteiger partial charge in [0, 0.05) is 35.1 Å². The molecule has 81 valence electrons. The van der Waals surface area contributed by atoms with Gasteiger partial charge in [-0.3, -0.25) is 0 Å². The number of nitriles is 1. The van der Waals surface area contributed by atoms with Crippen molar-refractivity contribution in [2.45, 2.75) is 6.92 Å². The van der Waals surface area contributed by atoms with Gasteiger partial charge < -0.3 is 9.84 Å². The molecule has 0 fully saturated rings. The summed E-state index contributed by atoms with van der Waals surface area (Å²) in [7, 11) is 0. The fraction of sp³-hybridized carbons (Fsp3) is 0.154. The average Bonchev–Trinajstić information content (AvgIpc) is 2.68. The summed E-state index contributed by atoms with van der Waals surface area (Å²) in [6.45, 7) is 2.19. The molecule has 0 aliphatic heterocycles. The number of benzene rings is 1. The fourth-order valence-corrected chi connectivity index (χ4v) is 1.74. The third-order valence-electron chi connectivity index (χ3n) is 2.43. The van der Waals surface area contributed by atoms with Gasteiger partial charge in [-0.1, -0.05) is 24.3 Å². The van der Waals surface area contributed by atoms with Crippen LogP contribution in [0.5, 0.6) is 0 Å². The van der Waals surface area contributed by atoms with Gasteiger partial charge in [-0.05, 0) is 18.6 Å². The van der Waals surface area contributed by atoms with Gasteiger partial charge in [0.25, 0.3) is 5.95 Å². The van der Waals surface area contributed by atoms with Crippen LogP contribution in [0.25, 0.3) is 11.1 Å². The monoisotopic (exact) mass is 236 g/mol. The second-order valence-electron chi connectivity index (χ2n) is 3.37. The Labute approximate surface area is 122 Å². The molecule has 0 atom stereocenters. The smallest absolute Gasteiger partial charge is 0.284 e. The number of nitrogens with zero attached hydrogens (tertiary/aromatic N) is 1. The van der Waals surface area contributed by atoms with Crippen LogP contribution < -0.4 is 0 Å². The third kappa shape index (κ3) is 2.55. The van der Waals surface area contributed by atoms with Gasteiger partial charge in [-0.2, -0.15) is 5.26 Å². The van der Waals surface area contributed by atoms with Crippen molar-refractivity contribution >= 4 is 40.7 Å². The summed E-state index contributed by atoms with van der Waals surface area (Å²) in [5.74, 6) is -0.125. The Kier molecular flexibility index (Phi) is 4.83. The summed E-state index contributed by atoms with van der Waals surface area (Å²) in [4.78, 5) is 0. The number of hydrogen-bond acceptors (Lipinski definition) is 3. The minimum atomic E-state index is -0.125. The summed E-state index contributed by atoms with van der Waals surface area (Å²) >= 11 is 0. The first-order chi connectivity index (χ1) is 7.77. The summed E-state index contributed by atoms with van der Waals surface area (Å²) < 4.78 is 5.06. The van der Waals surface area contributed by atoms with E-state index in [-0.39, 0.29) is 35.5 Å². The second kappa shape index (κ2) is 5.92. The van der Waals surface area contributed by atoms with E-state index >= 15 is 0 Å². The molecule has 0 heterocycles. The molecule has 4 heteroatoms. The van der Waals surface area contributed by atoms with Gasteiger partial charge in [0.15, 0.2) is 0 Å². The molecule has 1 N–H and O–H groups in total. The molecule has 0 unspecified atom stereocenters. The zero-order valence-electron chi connectivity index (χ0n) is 9.90. The van der Waals surface area contributed by atoms with Crippen LogP contribution in [0.2, 0.25) is 0 Å². The Bertz CT molecular complexity index is 526. The number of ether oxygens (including phenoxy) is 1. The average molecular weight is 236 g/mol. The Balaban J connectivity index is 0.00000144. The Morgan fingerprint density at radius 3 is 2.59 bits per heavy atom. The maximum atomic E-state index is 9.71. The van der Waals surface area contributed by atoms with Gasteiger partial charge in [-0.15, -0.1) is 0 Å². The molecule has 0 spiro atoms. The molecular formula is C13H11NNaO2. The predicted molar refractivity (Wildman–Crippen MR) is 67.0 cm³/mol. The molecule has 1 aliphatic carbocycles. The molecule has 1 aromatic rings. The predicted octanol–water partition coefficient (Wildman–Crippen LogP) is 2.49. The Hall–Kier alpha value is -1.21. The molecule has 0 saturated heterocycles. The molecule has 3 nitrogen and oxygen atoms in total. The van der Waals surface area contributed by atoms with Crippen molar-refractivity contribution in [1.29, 1.82) is 5.26 Å². The van der Waals surface area contributed by atoms with Crippen LogP contribution in [-0.2, 0) is 4.74 Å². The topological polar surface area (TPSA) is 53.2 Å². The SMILES string of the molecule is CCOC(O)=C1C=C(C#N)c2ccccc21.[Na]. The van der Waals surface area contributed by atoms with Crippen LogP contribution in [-0.4, -0.2) is 41.3 Å². The van der Waals surface area contributed by atoms with Crippen molar-refractivity contribution in [3.05, 3.63) is 47.4 Å². The molecule has 0 aromatic heterocycles. The maximum Gasteiger partial charge on any atom is 0.284 e. The van der Waals surface area contributed by atoms with E-state index in [0.29, 0.717) is 17.8 Å². The zero-order chi connectivity index (χ0) is 11.5. The van der Waals surface area contributed by atoms with E-state index in [4.69, 9.17) is 10.00 Å². The van der Waals surface area contributed by atoms with Crippen LogP contribution in [0.4, 0.5) is 0 Å². The quantitative estimate of drug-likeness (QED) is 0.634. The van der Waals surface area contributed by atoms with Crippen LogP contribution in [0, 0.1) is 11.3 Å². The van der Waals surface area contributed by atoms with Crippen LogP contribution in [0.15, 0.2) is 36.3 Å². The molecule has 0 bridgehead atoms. The molecular weight excluding hydrogens is 225 g/mol. The maximum absolute atomic E-state index is 9.71. The molecule has 1 aliphatic rings. The van der Waals surface area contributed by atoms with Gasteiger partial charge in [-0.25, -0.2) is 0 Å². The van der Waals surface area contributed by atoms with E-state index in [9.17, 15) is 5.11 Å². The summed E-state index contributed by atoms with van der Waals surface area (Å²) in [5, 5.41) is 18.7. The summed E-state index contributed by atoms with van der Waals surface area (Å²) in [6.07, 6.45) is 1.65. The minimum Gasteiger partial charge on any atom is -0.481 e. The van der Waals surface area contributed by atoms with Gasteiger partial charge in [0.2, 0.25) is 0 Å². The van der Waals surface area contributed by atoms with Gasteiger partial charge in [0.1, 0.15) is 0 Å². The number of allylic oxidation sites excluding steroid dienone is 3. The first-order valence-electron chi connectivity index (χ1n) is 5.05. The Morgan fingerprint density at radius 1 is 1.35 bits per heavy atom. The first kappa shape index (κ1) is 13.9. The fourth-order valence-electron chi connectivity index (χ4n) is 1.74. The van der Waals surface area contributed by atoms with E-state index in [1.807, 2.05) is 24.3 Å². The summed E-state index contributed by atoms with van der Waals surface area (Å²) in [6, 6.07) is 9.56. The number of aliphatic hydroxyl groups excluding tert-OH is 1. The largest absolute Gasteiger partial charge is 0.481 e. The number of aliphatic hydroxyl groups is 1. The Morgan fingerprint density at radius 2 is 2.00 bits per heavy atom. The van der Waals surface area contributed by atoms with Crippen molar-refractivity contribution in [3.8, 4) is 6.07 Å². The van der Waals surface area contributed by atoms with Crippen LogP contribution in [0.1, 0.15) is 18.1 Å². The third-order valence-corrected chi connectivity index (χ3v) is 2.43. The first-order valence-corrected chi connectivity index (χ1v) is 5.05. The number of hydrogen-bond donors (Lipinski definition) is 1. The number of fused-ring (bicyclic) bond motifs is 1. The molecule has 1 aromatic carbocycles. The van der Waals surface area contributed by atoms with E-state index < -0.39 is 0 Å². The molecule has 1 radical (unpaired) electrons. The van der Waals surface area contributed by atoms with Gasteiger partial charge in [0.05, 0.1) is 23.8 Å². The van der Waals surface area contributed by atoms with Crippen molar-refractivity contribution in [1.82, 2.24) is 0 Å². The van der Waals surface area contributed by atoms with E-state index in [1.165, 1.54) is 0 Å². The standard InChI is InChI=1S/C13H11NO2.Na/c1-2-16-13(15)12-7-9(8-14)10-5-3-4-6-11(10)12;/h3-7,15H,2H2,1H3;. The van der Waals surface area contributed by atoms with E-state index in [1.54, 1.807) is 13.0 Å². The molecule has 0 amide bonds. The minimum absolute atomic E-state index is 0. The van der Waals surface area contributed by atoms with Crippen LogP contribution in [0.3, 0.4) is 0 Å². The normalized spacial score (nSPS) is 15.2. The van der Waals surface area contributed by atoms with Gasteiger partial charge >= 0.3 is 0 Å².